The predicted octanol–water partition coefficient (Wildman–Crippen LogP) is 3.93. The van der Waals surface area contributed by atoms with E-state index in [1.807, 2.05) is 32.0 Å². The summed E-state index contributed by atoms with van der Waals surface area (Å²) in [5.74, 6) is 1.98. The summed E-state index contributed by atoms with van der Waals surface area (Å²) >= 11 is 8.18. The molecule has 0 saturated heterocycles. The minimum atomic E-state index is 0.512. The normalized spacial score (nSPS) is 10.5. The third-order valence-corrected chi connectivity index (χ3v) is 3.86. The molecule has 0 aliphatic carbocycles. The molecule has 0 amide bonds. The van der Waals surface area contributed by atoms with E-state index >= 15 is 0 Å². The van der Waals surface area contributed by atoms with Gasteiger partial charge in [-0.1, -0.05) is 18.5 Å². The van der Waals surface area contributed by atoms with Crippen molar-refractivity contribution in [2.24, 2.45) is 0 Å². The molecule has 0 saturated carbocycles. The van der Waals surface area contributed by atoms with Gasteiger partial charge >= 0.3 is 0 Å². The van der Waals surface area contributed by atoms with Crippen LogP contribution in [0, 0.1) is 10.5 Å². The molecule has 6 heteroatoms. The molecule has 0 spiro atoms. The van der Waals surface area contributed by atoms with E-state index in [4.69, 9.17) is 17.3 Å². The number of aryl methyl sites for hydroxylation is 1. The van der Waals surface area contributed by atoms with Crippen molar-refractivity contribution in [2.75, 3.05) is 11.1 Å². The molecule has 4 nitrogen and oxygen atoms in total. The van der Waals surface area contributed by atoms with E-state index in [-0.39, 0.29) is 0 Å². The van der Waals surface area contributed by atoms with Crippen LogP contribution in [0.1, 0.15) is 18.3 Å². The van der Waals surface area contributed by atoms with Gasteiger partial charge in [0, 0.05) is 20.6 Å². The molecule has 2 rings (SSSR count). The van der Waals surface area contributed by atoms with E-state index in [1.165, 1.54) is 0 Å². The zero-order chi connectivity index (χ0) is 14.0. The van der Waals surface area contributed by atoms with Crippen molar-refractivity contribution in [2.45, 2.75) is 20.3 Å². The molecule has 19 heavy (non-hydrogen) atoms. The van der Waals surface area contributed by atoms with E-state index in [0.717, 1.165) is 32.9 Å². The van der Waals surface area contributed by atoms with Crippen molar-refractivity contribution in [3.63, 3.8) is 0 Å². The molecule has 0 fully saturated rings. The molecular weight excluding hydrogens is 375 g/mol. The van der Waals surface area contributed by atoms with Crippen LogP contribution in [0.3, 0.4) is 0 Å². The predicted molar refractivity (Wildman–Crippen MR) is 88.0 cm³/mol. The second kappa shape index (κ2) is 5.92. The molecule has 0 aliphatic rings. The van der Waals surface area contributed by atoms with Crippen LogP contribution in [-0.4, -0.2) is 9.97 Å². The number of rotatable bonds is 3. The summed E-state index contributed by atoms with van der Waals surface area (Å²) in [5, 5.41) is 4.00. The molecule has 2 aromatic rings. The first kappa shape index (κ1) is 14.3. The van der Waals surface area contributed by atoms with Gasteiger partial charge in [0.1, 0.15) is 17.5 Å². The Morgan fingerprint density at radius 2 is 2.11 bits per heavy atom. The number of nitrogens with zero attached hydrogens (tertiary/aromatic N) is 2. The molecular formula is C13H14ClIN4. The molecule has 0 aliphatic heterocycles. The lowest BCUT2D eigenvalue weighted by Gasteiger charge is -2.13. The molecule has 3 N–H and O–H groups in total. The fourth-order valence-corrected chi connectivity index (χ4v) is 2.59. The van der Waals surface area contributed by atoms with Gasteiger partial charge in [-0.25, -0.2) is 9.97 Å². The van der Waals surface area contributed by atoms with Crippen LogP contribution >= 0.6 is 34.2 Å². The summed E-state index contributed by atoms with van der Waals surface area (Å²) in [7, 11) is 0. The quantitative estimate of drug-likeness (QED) is 0.782. The van der Waals surface area contributed by atoms with E-state index in [9.17, 15) is 0 Å². The highest BCUT2D eigenvalue weighted by Gasteiger charge is 2.09. The van der Waals surface area contributed by atoms with Crippen molar-refractivity contribution in [3.05, 3.63) is 38.2 Å². The highest BCUT2D eigenvalue weighted by atomic mass is 127. The van der Waals surface area contributed by atoms with E-state index in [1.54, 1.807) is 0 Å². The Kier molecular flexibility index (Phi) is 4.46. The lowest BCUT2D eigenvalue weighted by molar-refractivity contribution is 0.940. The zero-order valence-corrected chi connectivity index (χ0v) is 13.6. The average Bonchev–Trinajstić information content (AvgIpc) is 2.37. The van der Waals surface area contributed by atoms with Gasteiger partial charge in [0.2, 0.25) is 0 Å². The third kappa shape index (κ3) is 3.27. The van der Waals surface area contributed by atoms with Crippen LogP contribution in [0.2, 0.25) is 5.02 Å². The Hall–Kier alpha value is -1.08. The van der Waals surface area contributed by atoms with Crippen LogP contribution in [0.25, 0.3) is 0 Å². The second-order valence-electron chi connectivity index (χ2n) is 4.10. The number of halogens is 2. The summed E-state index contributed by atoms with van der Waals surface area (Å²) in [5.41, 5.74) is 7.70. The Morgan fingerprint density at radius 1 is 1.37 bits per heavy atom. The summed E-state index contributed by atoms with van der Waals surface area (Å²) in [6.07, 6.45) is 0.747. The summed E-state index contributed by atoms with van der Waals surface area (Å²) < 4.78 is 1.03. The average molecular weight is 389 g/mol. The van der Waals surface area contributed by atoms with Crippen molar-refractivity contribution < 1.29 is 0 Å². The first-order valence-corrected chi connectivity index (χ1v) is 7.32. The zero-order valence-electron chi connectivity index (χ0n) is 10.7. The number of hydrogen-bond acceptors (Lipinski definition) is 4. The maximum Gasteiger partial charge on any atom is 0.139 e. The second-order valence-corrected chi connectivity index (χ2v) is 5.70. The standard InChI is InChI=1S/C13H14ClIN4/c1-3-11-18-12(16)7(2)13(19-11)17-10-5-4-8(14)6-9(10)15/h4-6H,3H2,1-2H3,(H3,16,17,18,19). The van der Waals surface area contributed by atoms with Crippen molar-refractivity contribution >= 4 is 51.5 Å². The largest absolute Gasteiger partial charge is 0.383 e. The smallest absolute Gasteiger partial charge is 0.139 e. The number of nitrogens with two attached hydrogens (primary N) is 1. The fourth-order valence-electron chi connectivity index (χ4n) is 1.58. The van der Waals surface area contributed by atoms with Crippen LogP contribution in [0.5, 0.6) is 0 Å². The van der Waals surface area contributed by atoms with Crippen LogP contribution < -0.4 is 11.1 Å². The lowest BCUT2D eigenvalue weighted by atomic mass is 10.2. The van der Waals surface area contributed by atoms with Gasteiger partial charge in [0.05, 0.1) is 5.69 Å². The molecule has 0 bridgehead atoms. The van der Waals surface area contributed by atoms with Gasteiger partial charge in [-0.05, 0) is 47.7 Å². The molecule has 1 aromatic heterocycles. The van der Waals surface area contributed by atoms with E-state index in [0.29, 0.717) is 10.8 Å². The number of nitrogens with one attached hydrogen (secondary N) is 1. The van der Waals surface area contributed by atoms with Gasteiger partial charge < -0.3 is 11.1 Å². The number of aromatic nitrogens is 2. The van der Waals surface area contributed by atoms with Crippen molar-refractivity contribution in [3.8, 4) is 0 Å². The Morgan fingerprint density at radius 3 is 2.74 bits per heavy atom. The topological polar surface area (TPSA) is 63.8 Å². The van der Waals surface area contributed by atoms with Gasteiger partial charge in [-0.2, -0.15) is 0 Å². The third-order valence-electron chi connectivity index (χ3n) is 2.73. The van der Waals surface area contributed by atoms with E-state index in [2.05, 4.69) is 37.9 Å². The Labute approximate surface area is 130 Å². The Bertz CT molecular complexity index is 616. The lowest BCUT2D eigenvalue weighted by Crippen LogP contribution is -2.07. The Balaban J connectivity index is 2.40. The van der Waals surface area contributed by atoms with Crippen LogP contribution in [0.15, 0.2) is 18.2 Å². The summed E-state index contributed by atoms with van der Waals surface area (Å²) in [6.45, 7) is 3.90. The van der Waals surface area contributed by atoms with Crippen LogP contribution in [0.4, 0.5) is 17.3 Å². The van der Waals surface area contributed by atoms with Crippen molar-refractivity contribution in [1.82, 2.24) is 9.97 Å². The minimum absolute atomic E-state index is 0.512. The molecule has 0 atom stereocenters. The summed E-state index contributed by atoms with van der Waals surface area (Å²) in [4.78, 5) is 8.71. The molecule has 0 unspecified atom stereocenters. The SMILES string of the molecule is CCc1nc(N)c(C)c(Nc2ccc(Cl)cc2I)n1. The first-order valence-electron chi connectivity index (χ1n) is 5.86. The summed E-state index contributed by atoms with van der Waals surface area (Å²) in [6, 6.07) is 5.66. The molecule has 100 valence electrons. The first-order chi connectivity index (χ1) is 9.01. The number of benzene rings is 1. The van der Waals surface area contributed by atoms with Gasteiger partial charge in [-0.15, -0.1) is 0 Å². The molecule has 1 aromatic carbocycles. The van der Waals surface area contributed by atoms with Crippen molar-refractivity contribution in [1.29, 1.82) is 0 Å². The van der Waals surface area contributed by atoms with Crippen LogP contribution in [-0.2, 0) is 6.42 Å². The maximum absolute atomic E-state index is 5.95. The number of nitrogen functional groups attached to an aromatic ring is 1. The monoisotopic (exact) mass is 388 g/mol. The number of anilines is 3. The highest BCUT2D eigenvalue weighted by Crippen LogP contribution is 2.27. The van der Waals surface area contributed by atoms with Gasteiger partial charge in [0.25, 0.3) is 0 Å². The van der Waals surface area contributed by atoms with Gasteiger partial charge in [0.15, 0.2) is 0 Å². The highest BCUT2D eigenvalue weighted by molar-refractivity contribution is 14.1. The molecule has 1 heterocycles. The fraction of sp³-hybridized carbons (Fsp3) is 0.231. The number of hydrogen-bond donors (Lipinski definition) is 2. The molecule has 0 radical (unpaired) electrons. The maximum atomic E-state index is 5.95. The minimum Gasteiger partial charge on any atom is -0.383 e. The van der Waals surface area contributed by atoms with Gasteiger partial charge in [-0.3, -0.25) is 0 Å². The van der Waals surface area contributed by atoms with E-state index < -0.39 is 0 Å².